The summed E-state index contributed by atoms with van der Waals surface area (Å²) >= 11 is 0. The fraction of sp³-hybridized carbons (Fsp3) is 0.600. The third kappa shape index (κ3) is 2.39. The minimum atomic E-state index is -4.36. The Hall–Kier alpha value is -0.670. The average molecular weight is 139 g/mol. The summed E-state index contributed by atoms with van der Waals surface area (Å²) in [6.45, 7) is 2.64. The van der Waals surface area contributed by atoms with Crippen LogP contribution in [0.1, 0.15) is 13.8 Å². The van der Waals surface area contributed by atoms with E-state index in [-0.39, 0.29) is 5.57 Å². The normalized spacial score (nSPS) is 11.2. The standard InChI is InChI=1S/C5H8F3N/c1-3(2)4(9)5(6,7)8/h9H2,1-2H3. The molecular formula is C5H8F3N. The van der Waals surface area contributed by atoms with Gasteiger partial charge in [0, 0.05) is 0 Å². The lowest BCUT2D eigenvalue weighted by molar-refractivity contribution is -0.0934. The topological polar surface area (TPSA) is 26.0 Å². The first-order valence-corrected chi connectivity index (χ1v) is 2.36. The maximum Gasteiger partial charge on any atom is 0.430 e. The van der Waals surface area contributed by atoms with Gasteiger partial charge < -0.3 is 5.73 Å². The zero-order valence-electron chi connectivity index (χ0n) is 5.21. The van der Waals surface area contributed by atoms with E-state index in [1.807, 2.05) is 0 Å². The second-order valence-electron chi connectivity index (χ2n) is 1.91. The molecule has 0 atom stereocenters. The zero-order chi connectivity index (χ0) is 7.65. The molecule has 0 bridgehead atoms. The van der Waals surface area contributed by atoms with E-state index < -0.39 is 11.9 Å². The lowest BCUT2D eigenvalue weighted by Crippen LogP contribution is -2.20. The predicted molar refractivity (Wildman–Crippen MR) is 28.6 cm³/mol. The smallest absolute Gasteiger partial charge is 0.395 e. The lowest BCUT2D eigenvalue weighted by atomic mass is 10.2. The number of allylic oxidation sites excluding steroid dienone is 2. The molecule has 0 amide bonds. The molecule has 0 fully saturated rings. The molecule has 54 valence electrons. The molecule has 2 N–H and O–H groups in total. The van der Waals surface area contributed by atoms with Gasteiger partial charge in [-0.2, -0.15) is 13.2 Å². The van der Waals surface area contributed by atoms with E-state index in [1.165, 1.54) is 13.8 Å². The van der Waals surface area contributed by atoms with E-state index in [4.69, 9.17) is 0 Å². The van der Waals surface area contributed by atoms with E-state index in [1.54, 1.807) is 0 Å². The van der Waals surface area contributed by atoms with Crippen LogP contribution in [0.4, 0.5) is 13.2 Å². The van der Waals surface area contributed by atoms with Crippen molar-refractivity contribution in [1.29, 1.82) is 0 Å². The van der Waals surface area contributed by atoms with Gasteiger partial charge in [-0.25, -0.2) is 0 Å². The third-order valence-electron chi connectivity index (χ3n) is 0.844. The molecule has 9 heavy (non-hydrogen) atoms. The molecule has 0 spiro atoms. The van der Waals surface area contributed by atoms with E-state index in [0.29, 0.717) is 0 Å². The van der Waals surface area contributed by atoms with Crippen molar-refractivity contribution in [2.75, 3.05) is 0 Å². The minimum Gasteiger partial charge on any atom is -0.395 e. The maximum absolute atomic E-state index is 11.5. The Morgan fingerprint density at radius 2 is 1.56 bits per heavy atom. The summed E-state index contributed by atoms with van der Waals surface area (Å²) in [5.74, 6) is 0. The van der Waals surface area contributed by atoms with Crippen molar-refractivity contribution in [3.05, 3.63) is 11.3 Å². The van der Waals surface area contributed by atoms with Gasteiger partial charge in [0.15, 0.2) is 0 Å². The van der Waals surface area contributed by atoms with Crippen molar-refractivity contribution in [3.63, 3.8) is 0 Å². The lowest BCUT2D eigenvalue weighted by Gasteiger charge is -2.06. The number of hydrogen-bond acceptors (Lipinski definition) is 1. The van der Waals surface area contributed by atoms with Crippen LogP contribution >= 0.6 is 0 Å². The van der Waals surface area contributed by atoms with Gasteiger partial charge in [0.2, 0.25) is 0 Å². The molecule has 0 rings (SSSR count). The minimum absolute atomic E-state index is 0.0995. The number of hydrogen-bond donors (Lipinski definition) is 1. The quantitative estimate of drug-likeness (QED) is 0.544. The van der Waals surface area contributed by atoms with Crippen molar-refractivity contribution in [3.8, 4) is 0 Å². The Kier molecular flexibility index (Phi) is 2.12. The number of halogens is 3. The highest BCUT2D eigenvalue weighted by atomic mass is 19.4. The summed E-state index contributed by atoms with van der Waals surface area (Å²) in [7, 11) is 0. The molecule has 0 aromatic rings. The van der Waals surface area contributed by atoms with Crippen molar-refractivity contribution < 1.29 is 13.2 Å². The first-order chi connectivity index (χ1) is 3.85. The second-order valence-corrected chi connectivity index (χ2v) is 1.91. The number of alkyl halides is 3. The van der Waals surface area contributed by atoms with Crippen LogP contribution in [0.15, 0.2) is 11.3 Å². The van der Waals surface area contributed by atoms with Gasteiger partial charge in [0.1, 0.15) is 5.70 Å². The molecule has 0 saturated carbocycles. The summed E-state index contributed by atoms with van der Waals surface area (Å²) in [6, 6.07) is 0. The Balaban J connectivity index is 4.40. The molecule has 0 saturated heterocycles. The Morgan fingerprint density at radius 1 is 1.22 bits per heavy atom. The highest BCUT2D eigenvalue weighted by molar-refractivity contribution is 5.10. The molecule has 0 aromatic heterocycles. The summed E-state index contributed by atoms with van der Waals surface area (Å²) in [5, 5.41) is 0. The van der Waals surface area contributed by atoms with E-state index in [0.717, 1.165) is 0 Å². The van der Waals surface area contributed by atoms with Crippen LogP contribution in [0, 0.1) is 0 Å². The summed E-state index contributed by atoms with van der Waals surface area (Å²) < 4.78 is 34.6. The Bertz CT molecular complexity index is 130. The van der Waals surface area contributed by atoms with E-state index in [2.05, 4.69) is 5.73 Å². The first-order valence-electron chi connectivity index (χ1n) is 2.36. The number of rotatable bonds is 0. The van der Waals surface area contributed by atoms with Crippen LogP contribution in [0.2, 0.25) is 0 Å². The van der Waals surface area contributed by atoms with Gasteiger partial charge in [0.25, 0.3) is 0 Å². The average Bonchev–Trinajstić information content (AvgIpc) is 1.62. The van der Waals surface area contributed by atoms with Crippen LogP contribution in [0.3, 0.4) is 0 Å². The SMILES string of the molecule is CC(C)=C(N)C(F)(F)F. The van der Waals surface area contributed by atoms with Crippen molar-refractivity contribution in [2.45, 2.75) is 20.0 Å². The maximum atomic E-state index is 11.5. The van der Waals surface area contributed by atoms with E-state index in [9.17, 15) is 13.2 Å². The molecule has 0 unspecified atom stereocenters. The number of nitrogens with two attached hydrogens (primary N) is 1. The molecule has 1 nitrogen and oxygen atoms in total. The van der Waals surface area contributed by atoms with Crippen LogP contribution in [0.5, 0.6) is 0 Å². The van der Waals surface area contributed by atoms with Gasteiger partial charge >= 0.3 is 6.18 Å². The van der Waals surface area contributed by atoms with Crippen molar-refractivity contribution >= 4 is 0 Å². The van der Waals surface area contributed by atoms with Crippen LogP contribution in [0.25, 0.3) is 0 Å². The van der Waals surface area contributed by atoms with Crippen molar-refractivity contribution in [2.24, 2.45) is 5.73 Å². The molecular weight excluding hydrogens is 131 g/mol. The van der Waals surface area contributed by atoms with Crippen molar-refractivity contribution in [1.82, 2.24) is 0 Å². The van der Waals surface area contributed by atoms with Crippen LogP contribution < -0.4 is 5.73 Å². The molecule has 0 aliphatic carbocycles. The van der Waals surface area contributed by atoms with Gasteiger partial charge in [-0.1, -0.05) is 0 Å². The molecule has 0 radical (unpaired) electrons. The van der Waals surface area contributed by atoms with Crippen LogP contribution in [-0.4, -0.2) is 6.18 Å². The monoisotopic (exact) mass is 139 g/mol. The van der Waals surface area contributed by atoms with E-state index >= 15 is 0 Å². The first kappa shape index (κ1) is 8.33. The summed E-state index contributed by atoms with van der Waals surface area (Å²) in [5.41, 5.74) is 3.75. The summed E-state index contributed by atoms with van der Waals surface area (Å²) in [6.07, 6.45) is -4.36. The highest BCUT2D eigenvalue weighted by Crippen LogP contribution is 2.23. The Morgan fingerprint density at radius 3 is 1.56 bits per heavy atom. The predicted octanol–water partition coefficient (Wildman–Crippen LogP) is 1.80. The largest absolute Gasteiger partial charge is 0.430 e. The highest BCUT2D eigenvalue weighted by Gasteiger charge is 2.31. The second kappa shape index (κ2) is 2.29. The van der Waals surface area contributed by atoms with Gasteiger partial charge in [-0.15, -0.1) is 0 Å². The van der Waals surface area contributed by atoms with Gasteiger partial charge in [-0.05, 0) is 19.4 Å². The summed E-state index contributed by atoms with van der Waals surface area (Å²) in [4.78, 5) is 0. The molecule has 0 aliphatic heterocycles. The third-order valence-corrected chi connectivity index (χ3v) is 0.844. The van der Waals surface area contributed by atoms with Gasteiger partial charge in [0.05, 0.1) is 0 Å². The molecule has 0 heterocycles. The van der Waals surface area contributed by atoms with Gasteiger partial charge in [-0.3, -0.25) is 0 Å². The molecule has 0 aliphatic rings. The molecule has 0 aromatic carbocycles. The zero-order valence-corrected chi connectivity index (χ0v) is 5.21. The molecule has 4 heteroatoms. The fourth-order valence-corrected chi connectivity index (χ4v) is 0.283. The fourth-order valence-electron chi connectivity index (χ4n) is 0.283. The van der Waals surface area contributed by atoms with Crippen LogP contribution in [-0.2, 0) is 0 Å². The Labute approximate surface area is 51.3 Å².